The summed E-state index contributed by atoms with van der Waals surface area (Å²) in [5, 5.41) is 8.17. The van der Waals surface area contributed by atoms with E-state index in [9.17, 15) is 0 Å². The summed E-state index contributed by atoms with van der Waals surface area (Å²) >= 11 is 0. The van der Waals surface area contributed by atoms with E-state index in [4.69, 9.17) is 0 Å². The molecule has 122 valence electrons. The topological polar surface area (TPSA) is 36.3 Å². The fourth-order valence-electron chi connectivity index (χ4n) is 2.86. The van der Waals surface area contributed by atoms with Crippen LogP contribution in [-0.4, -0.2) is 53.9 Å². The van der Waals surface area contributed by atoms with E-state index < -0.39 is 0 Å². The fraction of sp³-hybridized carbons (Fsp3) is 0.812. The van der Waals surface area contributed by atoms with E-state index in [2.05, 4.69) is 68.9 Å². The largest absolute Gasteiger partial charge is 0.353 e. The van der Waals surface area contributed by atoms with E-state index in [1.54, 1.807) is 0 Å². The van der Waals surface area contributed by atoms with Crippen LogP contribution in [0.2, 0.25) is 0 Å². The summed E-state index contributed by atoms with van der Waals surface area (Å²) in [6, 6.07) is 0.935. The van der Waals surface area contributed by atoms with E-state index in [0.29, 0.717) is 12.1 Å². The Labute approximate surface area is 130 Å². The summed E-state index contributed by atoms with van der Waals surface area (Å²) in [5.41, 5.74) is 2.44. The number of anilines is 1. The van der Waals surface area contributed by atoms with Gasteiger partial charge in [0.1, 0.15) is 5.82 Å². The lowest BCUT2D eigenvalue weighted by atomic mass is 10.1. The first-order chi connectivity index (χ1) is 9.77. The van der Waals surface area contributed by atoms with Gasteiger partial charge >= 0.3 is 0 Å². The molecule has 0 amide bonds. The van der Waals surface area contributed by atoms with Crippen molar-refractivity contribution in [2.24, 2.45) is 7.05 Å². The third kappa shape index (κ3) is 4.71. The van der Waals surface area contributed by atoms with Crippen LogP contribution < -0.4 is 10.2 Å². The number of hydrogen-bond donors (Lipinski definition) is 1. The molecule has 0 fully saturated rings. The second-order valence-electron chi connectivity index (χ2n) is 6.44. The summed E-state index contributed by atoms with van der Waals surface area (Å²) in [6.45, 7) is 13.9. The van der Waals surface area contributed by atoms with Gasteiger partial charge in [-0.1, -0.05) is 13.8 Å². The van der Waals surface area contributed by atoms with Gasteiger partial charge in [-0.15, -0.1) is 0 Å². The summed E-state index contributed by atoms with van der Waals surface area (Å²) in [6.07, 6.45) is 0. The first kappa shape index (κ1) is 18.0. The van der Waals surface area contributed by atoms with Gasteiger partial charge in [-0.3, -0.25) is 4.68 Å². The van der Waals surface area contributed by atoms with Crippen molar-refractivity contribution < 1.29 is 0 Å². The lowest BCUT2D eigenvalue weighted by molar-refractivity contribution is 0.370. The Bertz CT molecular complexity index is 436. The molecule has 1 heterocycles. The number of nitrogens with one attached hydrogen (secondary N) is 1. The van der Waals surface area contributed by atoms with E-state index in [1.807, 2.05) is 11.7 Å². The van der Waals surface area contributed by atoms with Crippen LogP contribution in [0.15, 0.2) is 0 Å². The normalized spacial score (nSPS) is 13.2. The number of aryl methyl sites for hydroxylation is 2. The minimum atomic E-state index is 0.456. The molecule has 5 nitrogen and oxygen atoms in total. The summed E-state index contributed by atoms with van der Waals surface area (Å²) in [7, 11) is 6.30. The Balaban J connectivity index is 3.07. The van der Waals surface area contributed by atoms with Crippen LogP contribution in [-0.2, 0) is 13.6 Å². The Hall–Kier alpha value is -1.07. The van der Waals surface area contributed by atoms with Gasteiger partial charge in [-0.2, -0.15) is 5.10 Å². The summed E-state index contributed by atoms with van der Waals surface area (Å²) in [5.74, 6) is 1.25. The Kier molecular flexibility index (Phi) is 6.68. The van der Waals surface area contributed by atoms with Crippen molar-refractivity contribution in [1.82, 2.24) is 20.0 Å². The Morgan fingerprint density at radius 3 is 2.33 bits per heavy atom. The second-order valence-corrected chi connectivity index (χ2v) is 6.44. The van der Waals surface area contributed by atoms with Gasteiger partial charge in [0.2, 0.25) is 0 Å². The third-order valence-electron chi connectivity index (χ3n) is 3.77. The molecule has 1 N–H and O–H groups in total. The van der Waals surface area contributed by atoms with Crippen molar-refractivity contribution in [2.75, 3.05) is 32.1 Å². The van der Waals surface area contributed by atoms with Gasteiger partial charge in [-0.05, 0) is 34.9 Å². The summed E-state index contributed by atoms with van der Waals surface area (Å²) in [4.78, 5) is 4.69. The van der Waals surface area contributed by atoms with E-state index in [0.717, 1.165) is 25.3 Å². The van der Waals surface area contributed by atoms with Crippen molar-refractivity contribution in [3.8, 4) is 0 Å². The van der Waals surface area contributed by atoms with Crippen molar-refractivity contribution in [3.05, 3.63) is 11.3 Å². The van der Waals surface area contributed by atoms with Gasteiger partial charge in [-0.25, -0.2) is 0 Å². The van der Waals surface area contributed by atoms with Crippen LogP contribution >= 0.6 is 0 Å². The zero-order valence-electron chi connectivity index (χ0n) is 15.1. The average Bonchev–Trinajstić information content (AvgIpc) is 2.62. The van der Waals surface area contributed by atoms with Crippen LogP contribution in [0.4, 0.5) is 5.82 Å². The summed E-state index contributed by atoms with van der Waals surface area (Å²) < 4.78 is 2.03. The molecule has 0 bridgehead atoms. The highest BCUT2D eigenvalue weighted by Gasteiger charge is 2.22. The second kappa shape index (κ2) is 7.80. The van der Waals surface area contributed by atoms with Gasteiger partial charge in [0.05, 0.1) is 5.69 Å². The Morgan fingerprint density at radius 1 is 1.24 bits per heavy atom. The van der Waals surface area contributed by atoms with Crippen LogP contribution in [0.25, 0.3) is 0 Å². The van der Waals surface area contributed by atoms with Gasteiger partial charge in [0, 0.05) is 44.3 Å². The minimum absolute atomic E-state index is 0.456. The quantitative estimate of drug-likeness (QED) is 0.796. The highest BCUT2D eigenvalue weighted by atomic mass is 15.4. The maximum Gasteiger partial charge on any atom is 0.131 e. The molecule has 0 aliphatic carbocycles. The lowest BCUT2D eigenvalue weighted by Gasteiger charge is -2.32. The monoisotopic (exact) mass is 295 g/mol. The van der Waals surface area contributed by atoms with Crippen LogP contribution in [0.1, 0.15) is 39.0 Å². The fourth-order valence-corrected chi connectivity index (χ4v) is 2.86. The molecule has 0 aliphatic rings. The molecular weight excluding hydrogens is 262 g/mol. The molecule has 0 saturated carbocycles. The average molecular weight is 295 g/mol. The Morgan fingerprint density at radius 2 is 1.86 bits per heavy atom. The number of rotatable bonds is 8. The number of nitrogens with zero attached hydrogens (tertiary/aromatic N) is 4. The van der Waals surface area contributed by atoms with Gasteiger partial charge < -0.3 is 15.1 Å². The van der Waals surface area contributed by atoms with Crippen molar-refractivity contribution >= 4 is 5.82 Å². The van der Waals surface area contributed by atoms with Gasteiger partial charge in [0.15, 0.2) is 0 Å². The SMILES string of the molecule is CCN(c1c(CNC(C)C)c(C)nn1C)C(C)CN(C)C. The van der Waals surface area contributed by atoms with E-state index in [1.165, 1.54) is 11.4 Å². The highest BCUT2D eigenvalue weighted by Crippen LogP contribution is 2.25. The van der Waals surface area contributed by atoms with Crippen LogP contribution in [0.3, 0.4) is 0 Å². The maximum atomic E-state index is 4.64. The van der Waals surface area contributed by atoms with Crippen LogP contribution in [0, 0.1) is 6.92 Å². The number of aromatic nitrogens is 2. The highest BCUT2D eigenvalue weighted by molar-refractivity contribution is 5.51. The first-order valence-corrected chi connectivity index (χ1v) is 7.95. The zero-order valence-corrected chi connectivity index (χ0v) is 15.1. The molecule has 1 unspecified atom stereocenters. The standard InChI is InChI=1S/C16H33N5/c1-9-21(13(4)11-19(6)7)16-15(10-17-12(2)3)14(5)18-20(16)8/h12-13,17H,9-11H2,1-8H3. The number of likely N-dealkylation sites (N-methyl/N-ethyl adjacent to an activating group) is 2. The molecule has 0 aromatic carbocycles. The third-order valence-corrected chi connectivity index (χ3v) is 3.77. The van der Waals surface area contributed by atoms with Crippen molar-refractivity contribution in [2.45, 2.75) is 53.2 Å². The molecule has 1 atom stereocenters. The number of hydrogen-bond acceptors (Lipinski definition) is 4. The predicted octanol–water partition coefficient (Wildman–Crippen LogP) is 2.00. The van der Waals surface area contributed by atoms with E-state index >= 15 is 0 Å². The molecule has 1 rings (SSSR count). The molecule has 0 radical (unpaired) electrons. The molecule has 0 saturated heterocycles. The predicted molar refractivity (Wildman–Crippen MR) is 91.0 cm³/mol. The van der Waals surface area contributed by atoms with E-state index in [-0.39, 0.29) is 0 Å². The minimum Gasteiger partial charge on any atom is -0.353 e. The molecule has 5 heteroatoms. The molecule has 1 aromatic heterocycles. The maximum absolute atomic E-state index is 4.64. The molecule has 0 spiro atoms. The molecule has 1 aromatic rings. The zero-order chi connectivity index (χ0) is 16.2. The van der Waals surface area contributed by atoms with Crippen molar-refractivity contribution in [1.29, 1.82) is 0 Å². The molecule has 21 heavy (non-hydrogen) atoms. The first-order valence-electron chi connectivity index (χ1n) is 7.95. The lowest BCUT2D eigenvalue weighted by Crippen LogP contribution is -2.41. The smallest absolute Gasteiger partial charge is 0.131 e. The molecule has 0 aliphatic heterocycles. The van der Waals surface area contributed by atoms with Crippen molar-refractivity contribution in [3.63, 3.8) is 0 Å². The van der Waals surface area contributed by atoms with Gasteiger partial charge in [0.25, 0.3) is 0 Å². The molecular formula is C16H33N5. The van der Waals surface area contributed by atoms with Crippen LogP contribution in [0.5, 0.6) is 0 Å².